The average Bonchev–Trinajstić information content (AvgIpc) is 4.02. The lowest BCUT2D eigenvalue weighted by Gasteiger charge is -2.08. The summed E-state index contributed by atoms with van der Waals surface area (Å²) in [4.78, 5) is 17.1. The first-order valence-electron chi connectivity index (χ1n) is 21.4. The molecular formula is C59H50N6O. The number of hydrogen-bond acceptors (Lipinski definition) is 5. The molecule has 0 N–H and O–H groups in total. The minimum Gasteiger partial charge on any atom is -0.454 e. The number of benzene rings is 6. The van der Waals surface area contributed by atoms with E-state index in [-0.39, 0.29) is 7.43 Å². The minimum absolute atomic E-state index is 0. The predicted octanol–water partition coefficient (Wildman–Crippen LogP) is 15.7. The molecule has 0 amide bonds. The number of aliphatic imine (C=N–C) groups is 1. The Labute approximate surface area is 385 Å². The second kappa shape index (κ2) is 20.2. The molecule has 7 nitrogen and oxygen atoms in total. The van der Waals surface area contributed by atoms with Crippen molar-refractivity contribution < 1.29 is 4.42 Å². The quantitative estimate of drug-likeness (QED) is 0.162. The van der Waals surface area contributed by atoms with Crippen LogP contribution in [-0.4, -0.2) is 30.3 Å². The van der Waals surface area contributed by atoms with Crippen LogP contribution in [0.2, 0.25) is 0 Å². The van der Waals surface area contributed by atoms with Gasteiger partial charge in [-0.1, -0.05) is 141 Å². The van der Waals surface area contributed by atoms with Crippen molar-refractivity contribution in [3.63, 3.8) is 0 Å². The molecule has 0 fully saturated rings. The van der Waals surface area contributed by atoms with Crippen molar-refractivity contribution >= 4 is 71.8 Å². The van der Waals surface area contributed by atoms with E-state index in [1.807, 2.05) is 105 Å². The monoisotopic (exact) mass is 858 g/mol. The van der Waals surface area contributed by atoms with Crippen molar-refractivity contribution in [1.82, 2.24) is 24.1 Å². The van der Waals surface area contributed by atoms with Gasteiger partial charge in [0.1, 0.15) is 5.58 Å². The summed E-state index contributed by atoms with van der Waals surface area (Å²) in [5.74, 6) is 0. The van der Waals surface area contributed by atoms with E-state index in [0.29, 0.717) is 0 Å². The second-order valence-corrected chi connectivity index (χ2v) is 15.4. The van der Waals surface area contributed by atoms with Gasteiger partial charge in [0.15, 0.2) is 5.58 Å². The number of pyridine rings is 3. The second-order valence-electron chi connectivity index (χ2n) is 15.4. The summed E-state index contributed by atoms with van der Waals surface area (Å²) < 4.78 is 11.2. The topological polar surface area (TPSA) is 74.0 Å². The molecule has 0 aliphatic carbocycles. The number of hydrogen-bond donors (Lipinski definition) is 0. The van der Waals surface area contributed by atoms with Gasteiger partial charge in [-0.3, -0.25) is 19.9 Å². The molecule has 0 atom stereocenters. The molecule has 0 aliphatic rings. The average molecular weight is 859 g/mol. The third-order valence-corrected chi connectivity index (χ3v) is 11.0. The van der Waals surface area contributed by atoms with Crippen LogP contribution in [0.25, 0.3) is 88.1 Å². The van der Waals surface area contributed by atoms with Crippen LogP contribution < -0.4 is 0 Å². The molecule has 6 heterocycles. The lowest BCUT2D eigenvalue weighted by atomic mass is 10.0. The number of rotatable bonds is 5. The third-order valence-electron chi connectivity index (χ3n) is 11.0. The largest absolute Gasteiger partial charge is 0.454 e. The summed E-state index contributed by atoms with van der Waals surface area (Å²) in [5, 5.41) is 6.60. The van der Waals surface area contributed by atoms with E-state index in [1.54, 1.807) is 12.3 Å². The highest BCUT2D eigenvalue weighted by Crippen LogP contribution is 2.40. The maximum Gasteiger partial charge on any atom is 0.159 e. The molecule has 322 valence electrons. The molecule has 0 radical (unpaired) electrons. The molecule has 0 saturated heterocycles. The standard InChI is InChI=1S/C39H23N5O.C7H8.C6H9N.C6H6.CH4/c1-2-5-26(6-3-1)43-33-11-9-24(19-28(33)30-21-40-16-13-34(30)43)25-10-12-38-29(20-25)27-7-4-8-37(39(27)45-38)44-35-14-17-41-22-31(35)32-23-42-18-15-36(32)44;1-7-5-3-2-4-6-7;1-4-5-7-6(2)3;1-2-4-6-5-3-1;/h1-23H;2-6H,1H3;4-5H,1-2H2,3H3;1-6H;1H4. The molecule has 12 aromatic rings. The van der Waals surface area contributed by atoms with E-state index in [0.717, 1.165) is 88.4 Å². The normalized spacial score (nSPS) is 10.8. The van der Waals surface area contributed by atoms with Crippen molar-refractivity contribution in [1.29, 1.82) is 0 Å². The summed E-state index contributed by atoms with van der Waals surface area (Å²) in [7, 11) is 0. The molecule has 0 aliphatic heterocycles. The van der Waals surface area contributed by atoms with Crippen LogP contribution in [-0.2, 0) is 0 Å². The van der Waals surface area contributed by atoms with Crippen LogP contribution >= 0.6 is 0 Å². The van der Waals surface area contributed by atoms with Gasteiger partial charge in [-0.25, -0.2) is 0 Å². The van der Waals surface area contributed by atoms with Crippen molar-refractivity contribution in [3.8, 4) is 22.5 Å². The van der Waals surface area contributed by atoms with Crippen molar-refractivity contribution in [2.24, 2.45) is 4.99 Å². The number of furan rings is 1. The SMILES string of the molecule is C.C=CC=NC(=C)C.Cc1ccccc1.c1ccc(-n2c3ccncc3c3cc(-c4ccc5oc6c(-n7c8ccncc8c8cnccc87)cccc6c5c4)ccc32)cc1.c1ccccc1. The fraction of sp³-hybridized carbons (Fsp3) is 0.0508. The molecule has 0 spiro atoms. The van der Waals surface area contributed by atoms with Gasteiger partial charge in [0, 0.05) is 87.1 Å². The summed E-state index contributed by atoms with van der Waals surface area (Å²) in [6, 6.07) is 58.5. The Hall–Kier alpha value is -8.68. The lowest BCUT2D eigenvalue weighted by Crippen LogP contribution is -1.94. The highest BCUT2D eigenvalue weighted by molar-refractivity contribution is 6.13. The Bertz CT molecular complexity index is 3520. The molecule has 0 unspecified atom stereocenters. The predicted molar refractivity (Wildman–Crippen MR) is 279 cm³/mol. The summed E-state index contributed by atoms with van der Waals surface area (Å²) in [6.45, 7) is 10.9. The highest BCUT2D eigenvalue weighted by Gasteiger charge is 2.19. The van der Waals surface area contributed by atoms with E-state index >= 15 is 0 Å². The molecule has 0 saturated carbocycles. The first-order valence-corrected chi connectivity index (χ1v) is 21.4. The van der Waals surface area contributed by atoms with E-state index in [4.69, 9.17) is 4.42 Å². The zero-order valence-corrected chi connectivity index (χ0v) is 36.3. The number of allylic oxidation sites excluding steroid dienone is 2. The maximum absolute atomic E-state index is 6.61. The molecule has 0 bridgehead atoms. The summed E-state index contributed by atoms with van der Waals surface area (Å²) in [5.41, 5.74) is 12.7. The molecular weight excluding hydrogens is 809 g/mol. The number of para-hydroxylation sites is 2. The number of aryl methyl sites for hydroxylation is 1. The van der Waals surface area contributed by atoms with Gasteiger partial charge in [0.25, 0.3) is 0 Å². The summed E-state index contributed by atoms with van der Waals surface area (Å²) in [6.07, 6.45) is 14.5. The molecule has 6 aromatic carbocycles. The Kier molecular flexibility index (Phi) is 13.5. The minimum atomic E-state index is 0. The van der Waals surface area contributed by atoms with Gasteiger partial charge in [-0.2, -0.15) is 0 Å². The van der Waals surface area contributed by atoms with Crippen LogP contribution in [0.5, 0.6) is 0 Å². The molecule has 7 heteroatoms. The van der Waals surface area contributed by atoms with Crippen LogP contribution in [0, 0.1) is 6.92 Å². The Morgan fingerprint density at radius 3 is 1.56 bits per heavy atom. The highest BCUT2D eigenvalue weighted by atomic mass is 16.3. The lowest BCUT2D eigenvalue weighted by molar-refractivity contribution is 0.666. The Morgan fingerprint density at radius 1 is 0.530 bits per heavy atom. The van der Waals surface area contributed by atoms with Gasteiger partial charge >= 0.3 is 0 Å². The van der Waals surface area contributed by atoms with Crippen LogP contribution in [0.4, 0.5) is 0 Å². The first-order chi connectivity index (χ1) is 32.0. The molecule has 6 aromatic heterocycles. The van der Waals surface area contributed by atoms with Gasteiger partial charge in [0.2, 0.25) is 0 Å². The van der Waals surface area contributed by atoms with E-state index in [1.165, 1.54) is 10.9 Å². The van der Waals surface area contributed by atoms with Crippen LogP contribution in [0.1, 0.15) is 19.9 Å². The van der Waals surface area contributed by atoms with Crippen LogP contribution in [0.3, 0.4) is 0 Å². The van der Waals surface area contributed by atoms with E-state index < -0.39 is 0 Å². The molecule has 12 rings (SSSR count). The third kappa shape index (κ3) is 9.05. The van der Waals surface area contributed by atoms with E-state index in [9.17, 15) is 0 Å². The number of fused-ring (bicyclic) bond motifs is 9. The van der Waals surface area contributed by atoms with Gasteiger partial charge in [-0.15, -0.1) is 0 Å². The fourth-order valence-electron chi connectivity index (χ4n) is 8.11. The van der Waals surface area contributed by atoms with Crippen molar-refractivity contribution in [3.05, 3.63) is 238 Å². The molecule has 66 heavy (non-hydrogen) atoms. The van der Waals surface area contributed by atoms with Gasteiger partial charge in [-0.05, 0) is 85.6 Å². The maximum atomic E-state index is 6.61. The smallest absolute Gasteiger partial charge is 0.159 e. The number of nitrogens with zero attached hydrogens (tertiary/aromatic N) is 6. The summed E-state index contributed by atoms with van der Waals surface area (Å²) >= 11 is 0. The van der Waals surface area contributed by atoms with Crippen LogP contribution in [0.15, 0.2) is 241 Å². The van der Waals surface area contributed by atoms with E-state index in [2.05, 4.69) is 158 Å². The first kappa shape index (κ1) is 43.9. The fourth-order valence-corrected chi connectivity index (χ4v) is 8.11. The zero-order chi connectivity index (χ0) is 44.5. The Balaban J connectivity index is 0.000000235. The van der Waals surface area contributed by atoms with Gasteiger partial charge in [0.05, 0.1) is 27.8 Å². The van der Waals surface area contributed by atoms with Crippen molar-refractivity contribution in [2.75, 3.05) is 0 Å². The zero-order valence-electron chi connectivity index (χ0n) is 36.3. The van der Waals surface area contributed by atoms with Crippen molar-refractivity contribution in [2.45, 2.75) is 21.3 Å². The number of aromatic nitrogens is 5. The Morgan fingerprint density at radius 2 is 1.03 bits per heavy atom. The van der Waals surface area contributed by atoms with Gasteiger partial charge < -0.3 is 13.6 Å².